The van der Waals surface area contributed by atoms with Crippen molar-refractivity contribution >= 4 is 17.4 Å². The van der Waals surface area contributed by atoms with Gasteiger partial charge in [0.15, 0.2) is 0 Å². The lowest BCUT2D eigenvalue weighted by Crippen LogP contribution is -1.98. The molecule has 14 heavy (non-hydrogen) atoms. The highest BCUT2D eigenvalue weighted by molar-refractivity contribution is 7.99. The number of hydrogen-bond donors (Lipinski definition) is 1. The Balaban J connectivity index is 2.68. The van der Waals surface area contributed by atoms with E-state index in [4.69, 9.17) is 0 Å². The molecule has 0 aliphatic heterocycles. The number of hydrogen-bond acceptors (Lipinski definition) is 2. The van der Waals surface area contributed by atoms with Crippen LogP contribution in [0.5, 0.6) is 0 Å². The van der Waals surface area contributed by atoms with E-state index in [-0.39, 0.29) is 0 Å². The highest BCUT2D eigenvalue weighted by Gasteiger charge is 1.98. The average molecular weight is 205 g/mol. The highest BCUT2D eigenvalue weighted by atomic mass is 32.2. The summed E-state index contributed by atoms with van der Waals surface area (Å²) in [6, 6.07) is 8.27. The van der Waals surface area contributed by atoms with Crippen molar-refractivity contribution in [3.8, 4) is 0 Å². The summed E-state index contributed by atoms with van der Waals surface area (Å²) in [7, 11) is 0. The molecule has 0 atom stereocenters. The van der Waals surface area contributed by atoms with E-state index in [1.165, 1.54) is 10.6 Å². The fourth-order valence-electron chi connectivity index (χ4n) is 1.07. The molecule has 0 unspecified atom stereocenters. The van der Waals surface area contributed by atoms with E-state index in [2.05, 4.69) is 30.6 Å². The first-order valence-electron chi connectivity index (χ1n) is 4.56. The lowest BCUT2D eigenvalue weighted by molar-refractivity contribution is 1.29. The van der Waals surface area contributed by atoms with Crippen molar-refractivity contribution in [3.05, 3.63) is 49.6 Å². The maximum Gasteiger partial charge on any atom is 0.0480 e. The molecule has 0 radical (unpaired) electrons. The van der Waals surface area contributed by atoms with Gasteiger partial charge in [-0.15, -0.1) is 24.9 Å². The van der Waals surface area contributed by atoms with Crippen molar-refractivity contribution in [2.45, 2.75) is 4.90 Å². The molecule has 2 heteroatoms. The topological polar surface area (TPSA) is 12.0 Å². The van der Waals surface area contributed by atoms with Gasteiger partial charge in [-0.3, -0.25) is 0 Å². The number of thioether (sulfide) groups is 1. The molecule has 1 rings (SSSR count). The maximum atomic E-state index is 3.71. The van der Waals surface area contributed by atoms with Gasteiger partial charge in [-0.1, -0.05) is 24.3 Å². The van der Waals surface area contributed by atoms with E-state index in [9.17, 15) is 0 Å². The second-order valence-corrected chi connectivity index (χ2v) is 3.83. The quantitative estimate of drug-likeness (QED) is 0.563. The van der Waals surface area contributed by atoms with E-state index in [0.717, 1.165) is 12.3 Å². The van der Waals surface area contributed by atoms with Crippen LogP contribution in [0.2, 0.25) is 0 Å². The summed E-state index contributed by atoms with van der Waals surface area (Å²) in [6.45, 7) is 8.19. The molecule has 0 amide bonds. The molecule has 1 nitrogen and oxygen atoms in total. The number of anilines is 1. The Kier molecular flexibility index (Phi) is 4.94. The van der Waals surface area contributed by atoms with E-state index < -0.39 is 0 Å². The third-order valence-electron chi connectivity index (χ3n) is 1.68. The van der Waals surface area contributed by atoms with Crippen LogP contribution in [0.4, 0.5) is 5.69 Å². The minimum Gasteiger partial charge on any atom is -0.381 e. The van der Waals surface area contributed by atoms with Crippen LogP contribution in [0.1, 0.15) is 0 Å². The maximum absolute atomic E-state index is 3.71. The summed E-state index contributed by atoms with van der Waals surface area (Å²) >= 11 is 1.78. The van der Waals surface area contributed by atoms with E-state index in [0.29, 0.717) is 0 Å². The van der Waals surface area contributed by atoms with Crippen LogP contribution in [-0.2, 0) is 0 Å². The molecule has 0 heterocycles. The van der Waals surface area contributed by atoms with Crippen LogP contribution in [-0.4, -0.2) is 12.3 Å². The molecule has 1 aromatic carbocycles. The monoisotopic (exact) mass is 205 g/mol. The van der Waals surface area contributed by atoms with Gasteiger partial charge in [-0.25, -0.2) is 0 Å². The van der Waals surface area contributed by atoms with Crippen LogP contribution < -0.4 is 5.32 Å². The normalized spacial score (nSPS) is 9.43. The highest BCUT2D eigenvalue weighted by Crippen LogP contribution is 2.26. The van der Waals surface area contributed by atoms with Crippen LogP contribution in [0, 0.1) is 0 Å². The minimum atomic E-state index is 0.797. The first-order valence-corrected chi connectivity index (χ1v) is 5.54. The van der Waals surface area contributed by atoms with Gasteiger partial charge in [0.05, 0.1) is 0 Å². The van der Waals surface area contributed by atoms with E-state index in [1.807, 2.05) is 24.3 Å². The zero-order valence-corrected chi connectivity index (χ0v) is 9.02. The third kappa shape index (κ3) is 3.30. The molecule has 1 N–H and O–H groups in total. The fraction of sp³-hybridized carbons (Fsp3) is 0.167. The molecule has 74 valence electrons. The van der Waals surface area contributed by atoms with Crippen LogP contribution in [0.15, 0.2) is 54.5 Å². The Morgan fingerprint density at radius 2 is 2.00 bits per heavy atom. The first-order chi connectivity index (χ1) is 6.88. The Labute approximate surface area is 89.9 Å². The lowest BCUT2D eigenvalue weighted by atomic mass is 10.3. The average Bonchev–Trinajstić information content (AvgIpc) is 2.24. The van der Waals surface area contributed by atoms with Crippen LogP contribution in [0.25, 0.3) is 0 Å². The van der Waals surface area contributed by atoms with Gasteiger partial charge in [0.1, 0.15) is 0 Å². The van der Waals surface area contributed by atoms with Gasteiger partial charge in [0.2, 0.25) is 0 Å². The summed E-state index contributed by atoms with van der Waals surface area (Å²) in [4.78, 5) is 1.26. The summed E-state index contributed by atoms with van der Waals surface area (Å²) in [5.74, 6) is 0.937. The summed E-state index contributed by atoms with van der Waals surface area (Å²) in [5, 5.41) is 3.30. The lowest BCUT2D eigenvalue weighted by Gasteiger charge is -2.08. The molecule has 0 aromatic heterocycles. The predicted molar refractivity (Wildman–Crippen MR) is 66.0 cm³/mol. The molecule has 0 spiro atoms. The molecule has 0 fully saturated rings. The number of para-hydroxylation sites is 1. The molecule has 0 saturated carbocycles. The zero-order chi connectivity index (χ0) is 10.2. The molecule has 0 bridgehead atoms. The van der Waals surface area contributed by atoms with Gasteiger partial charge in [-0.2, -0.15) is 0 Å². The fourth-order valence-corrected chi connectivity index (χ4v) is 1.84. The van der Waals surface area contributed by atoms with Crippen molar-refractivity contribution in [2.24, 2.45) is 0 Å². The second kappa shape index (κ2) is 6.33. The van der Waals surface area contributed by atoms with Crippen molar-refractivity contribution in [3.63, 3.8) is 0 Å². The zero-order valence-electron chi connectivity index (χ0n) is 8.20. The summed E-state index contributed by atoms with van der Waals surface area (Å²) in [5.41, 5.74) is 1.17. The van der Waals surface area contributed by atoms with Gasteiger partial charge in [-0.05, 0) is 12.1 Å². The van der Waals surface area contributed by atoms with Gasteiger partial charge < -0.3 is 5.32 Å². The largest absolute Gasteiger partial charge is 0.381 e. The third-order valence-corrected chi connectivity index (χ3v) is 2.75. The second-order valence-electron chi connectivity index (χ2n) is 2.77. The van der Waals surface area contributed by atoms with Crippen LogP contribution >= 0.6 is 11.8 Å². The van der Waals surface area contributed by atoms with E-state index in [1.54, 1.807) is 11.8 Å². The summed E-state index contributed by atoms with van der Waals surface area (Å²) < 4.78 is 0. The van der Waals surface area contributed by atoms with Gasteiger partial charge >= 0.3 is 0 Å². The summed E-state index contributed by atoms with van der Waals surface area (Å²) in [6.07, 6.45) is 3.77. The number of benzene rings is 1. The van der Waals surface area contributed by atoms with Crippen molar-refractivity contribution < 1.29 is 0 Å². The molecular weight excluding hydrogens is 190 g/mol. The minimum absolute atomic E-state index is 0.797. The Morgan fingerprint density at radius 1 is 1.21 bits per heavy atom. The molecule has 0 aliphatic rings. The molecule has 0 aliphatic carbocycles. The van der Waals surface area contributed by atoms with Gasteiger partial charge in [0, 0.05) is 22.9 Å². The Morgan fingerprint density at radius 3 is 2.71 bits per heavy atom. The molecular formula is C12H15NS. The SMILES string of the molecule is C=CCNc1ccccc1SCC=C. The standard InChI is InChI=1S/C12H15NS/c1-3-9-13-11-7-5-6-8-12(11)14-10-4-2/h3-8,13H,1-2,9-10H2. The number of rotatable bonds is 6. The Bertz CT molecular complexity index is 276. The van der Waals surface area contributed by atoms with Crippen molar-refractivity contribution in [2.75, 3.05) is 17.6 Å². The number of nitrogens with one attached hydrogen (secondary N) is 1. The van der Waals surface area contributed by atoms with Crippen molar-refractivity contribution in [1.82, 2.24) is 0 Å². The smallest absolute Gasteiger partial charge is 0.0480 e. The molecule has 0 saturated heterocycles. The predicted octanol–water partition coefficient (Wildman–Crippen LogP) is 3.56. The van der Waals surface area contributed by atoms with E-state index >= 15 is 0 Å². The van der Waals surface area contributed by atoms with Crippen molar-refractivity contribution in [1.29, 1.82) is 0 Å². The Hall–Kier alpha value is -1.15. The van der Waals surface area contributed by atoms with Crippen LogP contribution in [0.3, 0.4) is 0 Å². The van der Waals surface area contributed by atoms with Gasteiger partial charge in [0.25, 0.3) is 0 Å². The molecule has 1 aromatic rings. The first kappa shape index (κ1) is 10.9.